The van der Waals surface area contributed by atoms with E-state index in [0.717, 1.165) is 60.9 Å². The van der Waals surface area contributed by atoms with Crippen LogP contribution in [-0.2, 0) is 24.5 Å². The fourth-order valence-corrected chi connectivity index (χ4v) is 5.41. The highest BCUT2D eigenvalue weighted by Gasteiger charge is 2.39. The summed E-state index contributed by atoms with van der Waals surface area (Å²) in [4.78, 5) is 25.5. The van der Waals surface area contributed by atoms with Gasteiger partial charge in [-0.05, 0) is 42.3 Å². The van der Waals surface area contributed by atoms with Gasteiger partial charge in [-0.15, -0.1) is 0 Å². The van der Waals surface area contributed by atoms with Gasteiger partial charge in [0.15, 0.2) is 5.76 Å². The van der Waals surface area contributed by atoms with Gasteiger partial charge in [0.25, 0.3) is 5.56 Å². The molecule has 32 heavy (non-hydrogen) atoms. The number of anilines is 1. The predicted octanol–water partition coefficient (Wildman–Crippen LogP) is 1.76. The van der Waals surface area contributed by atoms with Gasteiger partial charge in [0.1, 0.15) is 18.9 Å². The molecule has 7 heteroatoms. The number of likely N-dealkylation sites (tertiary alicyclic amines) is 1. The number of pyridine rings is 1. The fraction of sp³-hybridized carbons (Fsp3) is 0.360. The van der Waals surface area contributed by atoms with Crippen LogP contribution < -0.4 is 15.8 Å². The number of fused-ring (bicyclic) bond motifs is 4. The average molecular weight is 435 g/mol. The summed E-state index contributed by atoms with van der Waals surface area (Å²) in [5.74, 6) is 2.14. The zero-order chi connectivity index (χ0) is 22.2. The molecular formula is C25H28N3O4+. The van der Waals surface area contributed by atoms with Gasteiger partial charge in [0.2, 0.25) is 5.91 Å². The standard InChI is InChI=1S/C25H27N3O4/c1-16(30)26-20-4-2-18(3-5-20)23-8-9-24(31)28-12-17-10-19(25(23)28)13-27(11-17)14-21-6-7-22(15-29)32-21/h2-9,17,19,29H,10-15H2,1H3,(H,26,30)/p+1/t17-,19+/m0/s1. The molecule has 7 nitrogen and oxygen atoms in total. The number of quaternary nitrogens is 1. The number of nitrogens with one attached hydrogen (secondary N) is 2. The minimum atomic E-state index is -0.0969. The highest BCUT2D eigenvalue weighted by Crippen LogP contribution is 2.37. The summed E-state index contributed by atoms with van der Waals surface area (Å²) in [6, 6.07) is 15.2. The van der Waals surface area contributed by atoms with E-state index in [2.05, 4.69) is 5.32 Å². The van der Waals surface area contributed by atoms with Gasteiger partial charge in [-0.1, -0.05) is 12.1 Å². The van der Waals surface area contributed by atoms with E-state index in [1.807, 2.05) is 47.0 Å². The molecule has 1 amide bonds. The first-order chi connectivity index (χ1) is 15.5. The number of aromatic nitrogens is 1. The topological polar surface area (TPSA) is 88.9 Å². The summed E-state index contributed by atoms with van der Waals surface area (Å²) in [6.07, 6.45) is 1.09. The Hall–Kier alpha value is -3.16. The predicted molar refractivity (Wildman–Crippen MR) is 120 cm³/mol. The van der Waals surface area contributed by atoms with Crippen LogP contribution in [0.3, 0.4) is 0 Å². The number of rotatable bonds is 5. The first kappa shape index (κ1) is 20.7. The minimum Gasteiger partial charge on any atom is -0.458 e. The van der Waals surface area contributed by atoms with Crippen LogP contribution in [0, 0.1) is 5.92 Å². The summed E-state index contributed by atoms with van der Waals surface area (Å²) in [7, 11) is 0. The third kappa shape index (κ3) is 4.01. The number of piperidine rings is 1. The Kier molecular flexibility index (Phi) is 5.45. The molecule has 1 aromatic carbocycles. The number of carbonyl (C=O) groups is 1. The van der Waals surface area contributed by atoms with Crippen molar-refractivity contribution in [2.45, 2.75) is 39.0 Å². The number of aliphatic hydroxyl groups is 1. The molecule has 0 aliphatic carbocycles. The highest BCUT2D eigenvalue weighted by molar-refractivity contribution is 5.89. The van der Waals surface area contributed by atoms with Crippen molar-refractivity contribution in [1.29, 1.82) is 0 Å². The number of carbonyl (C=O) groups excluding carboxylic acids is 1. The van der Waals surface area contributed by atoms with Crippen molar-refractivity contribution in [3.05, 3.63) is 76.1 Å². The molecule has 0 saturated carbocycles. The molecule has 4 heterocycles. The van der Waals surface area contributed by atoms with Gasteiger partial charge in [0.05, 0.1) is 13.1 Å². The summed E-state index contributed by atoms with van der Waals surface area (Å²) in [6.45, 7) is 4.88. The van der Waals surface area contributed by atoms with E-state index < -0.39 is 0 Å². The largest absolute Gasteiger partial charge is 0.458 e. The molecule has 0 spiro atoms. The van der Waals surface area contributed by atoms with E-state index in [1.165, 1.54) is 11.8 Å². The molecule has 3 aromatic rings. The lowest BCUT2D eigenvalue weighted by Crippen LogP contribution is -3.13. The summed E-state index contributed by atoms with van der Waals surface area (Å²) < 4.78 is 7.70. The molecule has 1 fully saturated rings. The second-order valence-electron chi connectivity index (χ2n) is 9.00. The van der Waals surface area contributed by atoms with Crippen molar-refractivity contribution < 1.29 is 19.2 Å². The molecule has 5 rings (SSSR count). The number of hydrogen-bond acceptors (Lipinski definition) is 4. The van der Waals surface area contributed by atoms with E-state index in [-0.39, 0.29) is 18.1 Å². The molecule has 0 radical (unpaired) electrons. The number of hydrogen-bond donors (Lipinski definition) is 3. The van der Waals surface area contributed by atoms with E-state index in [9.17, 15) is 14.7 Å². The maximum Gasteiger partial charge on any atom is 0.250 e. The summed E-state index contributed by atoms with van der Waals surface area (Å²) in [5, 5.41) is 12.1. The van der Waals surface area contributed by atoms with Crippen LogP contribution >= 0.6 is 0 Å². The van der Waals surface area contributed by atoms with Crippen LogP contribution in [0.1, 0.15) is 36.5 Å². The molecular weight excluding hydrogens is 406 g/mol. The molecule has 1 unspecified atom stereocenters. The molecule has 3 atom stereocenters. The Labute approximate surface area is 186 Å². The molecule has 3 N–H and O–H groups in total. The monoisotopic (exact) mass is 434 g/mol. The second kappa shape index (κ2) is 8.41. The zero-order valence-corrected chi connectivity index (χ0v) is 18.1. The number of amides is 1. The van der Waals surface area contributed by atoms with Gasteiger partial charge < -0.3 is 24.3 Å². The smallest absolute Gasteiger partial charge is 0.250 e. The van der Waals surface area contributed by atoms with Crippen molar-refractivity contribution in [3.63, 3.8) is 0 Å². The third-order valence-electron chi connectivity index (χ3n) is 6.60. The number of nitrogens with zero attached hydrogens (tertiary/aromatic N) is 1. The van der Waals surface area contributed by atoms with Crippen molar-refractivity contribution >= 4 is 11.6 Å². The van der Waals surface area contributed by atoms with Crippen LogP contribution in [0.5, 0.6) is 0 Å². The quantitative estimate of drug-likeness (QED) is 0.571. The van der Waals surface area contributed by atoms with Crippen LogP contribution in [0.2, 0.25) is 0 Å². The van der Waals surface area contributed by atoms with Crippen molar-refractivity contribution in [2.24, 2.45) is 5.92 Å². The van der Waals surface area contributed by atoms with Crippen molar-refractivity contribution in [1.82, 2.24) is 4.57 Å². The average Bonchev–Trinajstić information content (AvgIpc) is 3.22. The van der Waals surface area contributed by atoms with Crippen molar-refractivity contribution in [3.8, 4) is 11.1 Å². The Morgan fingerprint density at radius 1 is 1.12 bits per heavy atom. The Morgan fingerprint density at radius 2 is 1.91 bits per heavy atom. The molecule has 166 valence electrons. The minimum absolute atomic E-state index is 0.0652. The van der Waals surface area contributed by atoms with Gasteiger partial charge >= 0.3 is 0 Å². The fourth-order valence-electron chi connectivity index (χ4n) is 5.41. The highest BCUT2D eigenvalue weighted by atomic mass is 16.4. The first-order valence-electron chi connectivity index (χ1n) is 11.1. The van der Waals surface area contributed by atoms with Crippen LogP contribution in [0.15, 0.2) is 57.7 Å². The lowest BCUT2D eigenvalue weighted by molar-refractivity contribution is -0.925. The number of furan rings is 1. The lowest BCUT2D eigenvalue weighted by Gasteiger charge is -2.41. The molecule has 2 aliphatic rings. The lowest BCUT2D eigenvalue weighted by atomic mass is 9.80. The van der Waals surface area contributed by atoms with Gasteiger partial charge in [-0.25, -0.2) is 0 Å². The summed E-state index contributed by atoms with van der Waals surface area (Å²) in [5.41, 5.74) is 4.08. The van der Waals surface area contributed by atoms with E-state index in [4.69, 9.17) is 4.42 Å². The molecule has 1 saturated heterocycles. The Bertz CT molecular complexity index is 1190. The molecule has 2 aromatic heterocycles. The van der Waals surface area contributed by atoms with Gasteiger partial charge in [-0.3, -0.25) is 9.59 Å². The molecule has 2 bridgehead atoms. The second-order valence-corrected chi connectivity index (χ2v) is 9.00. The van der Waals surface area contributed by atoms with Gasteiger partial charge in [0, 0.05) is 48.3 Å². The Balaban J connectivity index is 1.45. The van der Waals surface area contributed by atoms with E-state index in [0.29, 0.717) is 17.6 Å². The first-order valence-corrected chi connectivity index (χ1v) is 11.1. The normalized spacial score (nSPS) is 21.8. The van der Waals surface area contributed by atoms with E-state index >= 15 is 0 Å². The molecule has 2 aliphatic heterocycles. The van der Waals surface area contributed by atoms with Gasteiger partial charge in [-0.2, -0.15) is 0 Å². The van der Waals surface area contributed by atoms with Crippen molar-refractivity contribution in [2.75, 3.05) is 18.4 Å². The summed E-state index contributed by atoms with van der Waals surface area (Å²) >= 11 is 0. The SMILES string of the molecule is CC(=O)Nc1ccc(-c2ccc(=O)n3c2[C@@H]2C[C@H](C3)C[NH+](Cc3ccc(CO)o3)C2)cc1. The number of benzene rings is 1. The maximum atomic E-state index is 12.7. The third-order valence-corrected chi connectivity index (χ3v) is 6.60. The maximum absolute atomic E-state index is 12.7. The Morgan fingerprint density at radius 3 is 2.62 bits per heavy atom. The van der Waals surface area contributed by atoms with E-state index in [1.54, 1.807) is 6.07 Å². The number of aliphatic hydroxyl groups excluding tert-OH is 1. The zero-order valence-electron chi connectivity index (χ0n) is 18.1. The van der Waals surface area contributed by atoms with Crippen LogP contribution in [-0.4, -0.2) is 28.7 Å². The van der Waals surface area contributed by atoms with Crippen LogP contribution in [0.25, 0.3) is 11.1 Å². The van der Waals surface area contributed by atoms with Crippen LogP contribution in [0.4, 0.5) is 5.69 Å².